The Bertz CT molecular complexity index is 582. The molecule has 0 bridgehead atoms. The highest BCUT2D eigenvalue weighted by Crippen LogP contribution is 2.45. The molecule has 1 saturated heterocycles. The molecule has 25 heavy (non-hydrogen) atoms. The predicted octanol–water partition coefficient (Wildman–Crippen LogP) is 1.57. The molecule has 1 saturated carbocycles. The lowest BCUT2D eigenvalue weighted by molar-refractivity contribution is 0.109. The van der Waals surface area contributed by atoms with Crippen LogP contribution in [0, 0.1) is 5.41 Å². The molecule has 1 aliphatic carbocycles. The summed E-state index contributed by atoms with van der Waals surface area (Å²) in [5.41, 5.74) is 7.48. The van der Waals surface area contributed by atoms with Crippen molar-refractivity contribution >= 4 is 0 Å². The minimum atomic E-state index is 0.425. The van der Waals surface area contributed by atoms with Crippen LogP contribution in [0.4, 0.5) is 0 Å². The minimum absolute atomic E-state index is 0.425. The van der Waals surface area contributed by atoms with Crippen LogP contribution >= 0.6 is 0 Å². The number of ether oxygens (including phenoxy) is 3. The van der Waals surface area contributed by atoms with E-state index in [2.05, 4.69) is 15.9 Å². The van der Waals surface area contributed by atoms with E-state index in [0.29, 0.717) is 16.9 Å². The lowest BCUT2D eigenvalue weighted by atomic mass is 10.1. The second-order valence-electron chi connectivity index (χ2n) is 7.25. The van der Waals surface area contributed by atoms with Crippen LogP contribution in [0.2, 0.25) is 0 Å². The van der Waals surface area contributed by atoms with Gasteiger partial charge in [0.05, 0.1) is 21.3 Å². The van der Waals surface area contributed by atoms with Crippen LogP contribution < -0.4 is 19.9 Å². The van der Waals surface area contributed by atoms with E-state index in [4.69, 9.17) is 19.9 Å². The zero-order valence-corrected chi connectivity index (χ0v) is 15.7. The summed E-state index contributed by atoms with van der Waals surface area (Å²) in [4.78, 5) is 5.05. The fourth-order valence-electron chi connectivity index (χ4n) is 3.71. The van der Waals surface area contributed by atoms with E-state index in [1.807, 2.05) is 6.07 Å². The topological polar surface area (TPSA) is 60.2 Å². The van der Waals surface area contributed by atoms with Crippen molar-refractivity contribution in [3.63, 3.8) is 0 Å². The Kier molecular flexibility index (Phi) is 5.71. The van der Waals surface area contributed by atoms with Crippen LogP contribution in [0.3, 0.4) is 0 Å². The van der Waals surface area contributed by atoms with Gasteiger partial charge >= 0.3 is 0 Å². The van der Waals surface area contributed by atoms with E-state index in [0.717, 1.165) is 57.1 Å². The van der Waals surface area contributed by atoms with Gasteiger partial charge in [-0.1, -0.05) is 6.07 Å². The molecule has 2 aliphatic rings. The van der Waals surface area contributed by atoms with Crippen molar-refractivity contribution in [3.8, 4) is 17.2 Å². The highest BCUT2D eigenvalue weighted by Gasteiger charge is 2.42. The third kappa shape index (κ3) is 4.02. The summed E-state index contributed by atoms with van der Waals surface area (Å²) in [6, 6.07) is 4.02. The molecule has 2 N–H and O–H groups in total. The summed E-state index contributed by atoms with van der Waals surface area (Å²) in [5, 5.41) is 0. The second kappa shape index (κ2) is 7.81. The molecule has 3 rings (SSSR count). The Labute approximate surface area is 150 Å². The maximum absolute atomic E-state index is 5.93. The SMILES string of the molecule is COc1ccc(CN2CCN(CC3(CN)CC3)CC2)c(OC)c1OC. The summed E-state index contributed by atoms with van der Waals surface area (Å²) in [6.07, 6.45) is 2.60. The van der Waals surface area contributed by atoms with Crippen molar-refractivity contribution in [3.05, 3.63) is 17.7 Å². The Morgan fingerprint density at radius 3 is 2.08 bits per heavy atom. The van der Waals surface area contributed by atoms with E-state index in [-0.39, 0.29) is 0 Å². The molecular formula is C19H31N3O3. The quantitative estimate of drug-likeness (QED) is 0.769. The highest BCUT2D eigenvalue weighted by molar-refractivity contribution is 5.55. The first-order chi connectivity index (χ1) is 12.1. The van der Waals surface area contributed by atoms with Gasteiger partial charge in [0.2, 0.25) is 5.75 Å². The van der Waals surface area contributed by atoms with Gasteiger partial charge in [0.1, 0.15) is 0 Å². The van der Waals surface area contributed by atoms with Gasteiger partial charge in [0, 0.05) is 44.8 Å². The number of piperazine rings is 1. The van der Waals surface area contributed by atoms with Crippen LogP contribution in [-0.4, -0.2) is 70.4 Å². The number of rotatable bonds is 8. The van der Waals surface area contributed by atoms with E-state index in [1.165, 1.54) is 12.8 Å². The fraction of sp³-hybridized carbons (Fsp3) is 0.684. The third-order valence-electron chi connectivity index (χ3n) is 5.59. The number of hydrogen-bond acceptors (Lipinski definition) is 6. The van der Waals surface area contributed by atoms with E-state index < -0.39 is 0 Å². The Morgan fingerprint density at radius 2 is 1.56 bits per heavy atom. The molecule has 0 unspecified atom stereocenters. The molecule has 2 fully saturated rings. The van der Waals surface area contributed by atoms with Gasteiger partial charge in [-0.3, -0.25) is 4.90 Å². The molecule has 1 aromatic rings. The number of hydrogen-bond donors (Lipinski definition) is 1. The normalized spacial score (nSPS) is 20.3. The lowest BCUT2D eigenvalue weighted by Gasteiger charge is -2.36. The molecule has 6 nitrogen and oxygen atoms in total. The van der Waals surface area contributed by atoms with Crippen molar-refractivity contribution in [2.24, 2.45) is 11.1 Å². The average molecular weight is 349 g/mol. The van der Waals surface area contributed by atoms with Gasteiger partial charge in [-0.05, 0) is 30.9 Å². The van der Waals surface area contributed by atoms with E-state index >= 15 is 0 Å². The first-order valence-corrected chi connectivity index (χ1v) is 9.07. The summed E-state index contributed by atoms with van der Waals surface area (Å²) in [5.74, 6) is 2.13. The summed E-state index contributed by atoms with van der Waals surface area (Å²) >= 11 is 0. The molecule has 0 aromatic heterocycles. The zero-order valence-electron chi connectivity index (χ0n) is 15.7. The maximum atomic E-state index is 5.93. The number of nitrogens with zero attached hydrogens (tertiary/aromatic N) is 2. The monoisotopic (exact) mass is 349 g/mol. The Hall–Kier alpha value is -1.50. The van der Waals surface area contributed by atoms with Crippen LogP contribution in [0.25, 0.3) is 0 Å². The maximum Gasteiger partial charge on any atom is 0.203 e. The zero-order chi connectivity index (χ0) is 17.9. The second-order valence-corrected chi connectivity index (χ2v) is 7.25. The molecule has 1 aliphatic heterocycles. The van der Waals surface area contributed by atoms with Gasteiger partial charge in [-0.25, -0.2) is 0 Å². The van der Waals surface area contributed by atoms with Crippen molar-refractivity contribution in [1.29, 1.82) is 0 Å². The highest BCUT2D eigenvalue weighted by atomic mass is 16.5. The first-order valence-electron chi connectivity index (χ1n) is 9.07. The van der Waals surface area contributed by atoms with Crippen molar-refractivity contribution in [2.45, 2.75) is 19.4 Å². The van der Waals surface area contributed by atoms with Crippen LogP contribution in [-0.2, 0) is 6.54 Å². The summed E-state index contributed by atoms with van der Waals surface area (Å²) in [7, 11) is 4.97. The first kappa shape index (κ1) is 18.3. The number of methoxy groups -OCH3 is 3. The summed E-state index contributed by atoms with van der Waals surface area (Å²) in [6.45, 7) is 7.21. The molecular weight excluding hydrogens is 318 g/mol. The van der Waals surface area contributed by atoms with Crippen molar-refractivity contribution in [1.82, 2.24) is 9.80 Å². The van der Waals surface area contributed by atoms with Crippen LogP contribution in [0.1, 0.15) is 18.4 Å². The number of benzene rings is 1. The Morgan fingerprint density at radius 1 is 0.920 bits per heavy atom. The van der Waals surface area contributed by atoms with E-state index in [9.17, 15) is 0 Å². The molecule has 0 amide bonds. The van der Waals surface area contributed by atoms with Gasteiger partial charge in [0.15, 0.2) is 11.5 Å². The smallest absolute Gasteiger partial charge is 0.203 e. The van der Waals surface area contributed by atoms with Gasteiger partial charge in [0.25, 0.3) is 0 Å². The molecule has 1 heterocycles. The van der Waals surface area contributed by atoms with Gasteiger partial charge < -0.3 is 24.8 Å². The van der Waals surface area contributed by atoms with Crippen molar-refractivity contribution < 1.29 is 14.2 Å². The average Bonchev–Trinajstić information content (AvgIpc) is 3.42. The largest absolute Gasteiger partial charge is 0.493 e. The molecule has 1 aromatic carbocycles. The van der Waals surface area contributed by atoms with Gasteiger partial charge in [-0.2, -0.15) is 0 Å². The number of nitrogens with two attached hydrogens (primary N) is 1. The third-order valence-corrected chi connectivity index (χ3v) is 5.59. The molecule has 140 valence electrons. The van der Waals surface area contributed by atoms with Gasteiger partial charge in [-0.15, -0.1) is 0 Å². The van der Waals surface area contributed by atoms with Crippen molar-refractivity contribution in [2.75, 3.05) is 60.6 Å². The van der Waals surface area contributed by atoms with Crippen LogP contribution in [0.5, 0.6) is 17.2 Å². The minimum Gasteiger partial charge on any atom is -0.493 e. The predicted molar refractivity (Wildman–Crippen MR) is 98.5 cm³/mol. The molecule has 6 heteroatoms. The standard InChI is InChI=1S/C19H31N3O3/c1-23-16-5-4-15(17(24-2)18(16)25-3)12-21-8-10-22(11-9-21)14-19(13-20)6-7-19/h4-5H,6-14,20H2,1-3H3. The fourth-order valence-corrected chi connectivity index (χ4v) is 3.71. The van der Waals surface area contributed by atoms with Crippen LogP contribution in [0.15, 0.2) is 12.1 Å². The lowest BCUT2D eigenvalue weighted by Crippen LogP contribution is -2.48. The van der Waals surface area contributed by atoms with E-state index in [1.54, 1.807) is 21.3 Å². The molecule has 0 radical (unpaired) electrons. The Balaban J connectivity index is 1.60. The summed E-state index contributed by atoms with van der Waals surface area (Å²) < 4.78 is 16.5. The molecule has 0 atom stereocenters. The molecule has 0 spiro atoms.